The van der Waals surface area contributed by atoms with E-state index >= 15 is 0 Å². The third kappa shape index (κ3) is 3.01. The maximum Gasteiger partial charge on any atom is 0.303 e. The molecular formula is C10H17NO3. The molecule has 1 heterocycles. The summed E-state index contributed by atoms with van der Waals surface area (Å²) in [5.74, 6) is -0.631. The SMILES string of the molecule is CN1C(=O)CCCCC1CCC(=O)O. The highest BCUT2D eigenvalue weighted by atomic mass is 16.4. The molecular weight excluding hydrogens is 182 g/mol. The summed E-state index contributed by atoms with van der Waals surface area (Å²) in [6.07, 6.45) is 4.25. The molecule has 1 saturated heterocycles. The summed E-state index contributed by atoms with van der Waals surface area (Å²) in [5, 5.41) is 8.56. The van der Waals surface area contributed by atoms with Crippen molar-refractivity contribution in [3.8, 4) is 0 Å². The molecule has 1 fully saturated rings. The van der Waals surface area contributed by atoms with Crippen molar-refractivity contribution >= 4 is 11.9 Å². The second-order valence-electron chi connectivity index (χ2n) is 3.84. The molecule has 1 N–H and O–H groups in total. The molecule has 14 heavy (non-hydrogen) atoms. The first-order valence-electron chi connectivity index (χ1n) is 5.08. The standard InChI is InChI=1S/C10H17NO3/c1-11-8(6-7-10(13)14)4-2-3-5-9(11)12/h8H,2-7H2,1H3,(H,13,14). The predicted molar refractivity (Wildman–Crippen MR) is 51.9 cm³/mol. The Balaban J connectivity index is 2.47. The first-order valence-corrected chi connectivity index (χ1v) is 5.08. The molecule has 0 aromatic carbocycles. The Morgan fingerprint density at radius 3 is 2.93 bits per heavy atom. The van der Waals surface area contributed by atoms with Crippen molar-refractivity contribution < 1.29 is 14.7 Å². The smallest absolute Gasteiger partial charge is 0.303 e. The average molecular weight is 199 g/mol. The Morgan fingerprint density at radius 2 is 2.29 bits per heavy atom. The molecule has 1 aliphatic rings. The van der Waals surface area contributed by atoms with E-state index in [2.05, 4.69) is 0 Å². The molecule has 0 aromatic heterocycles. The summed E-state index contributed by atoms with van der Waals surface area (Å²) in [6.45, 7) is 0. The van der Waals surface area contributed by atoms with Gasteiger partial charge in [-0.2, -0.15) is 0 Å². The van der Waals surface area contributed by atoms with E-state index in [4.69, 9.17) is 5.11 Å². The molecule has 1 amide bonds. The Morgan fingerprint density at radius 1 is 1.57 bits per heavy atom. The number of hydrogen-bond donors (Lipinski definition) is 1. The van der Waals surface area contributed by atoms with Crippen molar-refractivity contribution in [1.82, 2.24) is 4.90 Å². The fourth-order valence-corrected chi connectivity index (χ4v) is 1.86. The van der Waals surface area contributed by atoms with Gasteiger partial charge in [0.15, 0.2) is 0 Å². The second kappa shape index (κ2) is 4.98. The second-order valence-corrected chi connectivity index (χ2v) is 3.84. The zero-order valence-electron chi connectivity index (χ0n) is 8.53. The molecule has 1 unspecified atom stereocenters. The van der Waals surface area contributed by atoms with E-state index in [9.17, 15) is 9.59 Å². The van der Waals surface area contributed by atoms with Crippen LogP contribution < -0.4 is 0 Å². The first-order chi connectivity index (χ1) is 6.61. The van der Waals surface area contributed by atoms with Crippen LogP contribution in [0.3, 0.4) is 0 Å². The Labute approximate surface area is 83.9 Å². The van der Waals surface area contributed by atoms with Gasteiger partial charge >= 0.3 is 5.97 Å². The number of likely N-dealkylation sites (tertiary alicyclic amines) is 1. The molecule has 0 saturated carbocycles. The molecule has 0 aliphatic carbocycles. The van der Waals surface area contributed by atoms with Gasteiger partial charge in [0.1, 0.15) is 0 Å². The number of carboxylic acid groups (broad SMARTS) is 1. The van der Waals surface area contributed by atoms with Crippen molar-refractivity contribution in [3.05, 3.63) is 0 Å². The fourth-order valence-electron chi connectivity index (χ4n) is 1.86. The average Bonchev–Trinajstić information content (AvgIpc) is 2.28. The molecule has 0 bridgehead atoms. The van der Waals surface area contributed by atoms with Crippen LogP contribution in [-0.2, 0) is 9.59 Å². The van der Waals surface area contributed by atoms with E-state index in [-0.39, 0.29) is 18.4 Å². The number of rotatable bonds is 3. The van der Waals surface area contributed by atoms with Gasteiger partial charge in [0.05, 0.1) is 0 Å². The number of carboxylic acids is 1. The van der Waals surface area contributed by atoms with Crippen LogP contribution in [0.25, 0.3) is 0 Å². The van der Waals surface area contributed by atoms with Gasteiger partial charge in [0.25, 0.3) is 0 Å². The molecule has 4 heteroatoms. The highest BCUT2D eigenvalue weighted by Crippen LogP contribution is 2.19. The van der Waals surface area contributed by atoms with Gasteiger partial charge in [0.2, 0.25) is 5.91 Å². The van der Waals surface area contributed by atoms with Crippen LogP contribution in [0.5, 0.6) is 0 Å². The molecule has 0 aromatic rings. The molecule has 0 spiro atoms. The van der Waals surface area contributed by atoms with Crippen LogP contribution in [0.2, 0.25) is 0 Å². The van der Waals surface area contributed by atoms with Crippen molar-refractivity contribution in [1.29, 1.82) is 0 Å². The van der Waals surface area contributed by atoms with Crippen molar-refractivity contribution in [2.45, 2.75) is 44.6 Å². The predicted octanol–water partition coefficient (Wildman–Crippen LogP) is 1.25. The van der Waals surface area contributed by atoms with Crippen LogP contribution in [0.4, 0.5) is 0 Å². The summed E-state index contributed by atoms with van der Waals surface area (Å²) in [6, 6.07) is 0.126. The van der Waals surface area contributed by atoms with Crippen LogP contribution >= 0.6 is 0 Å². The lowest BCUT2D eigenvalue weighted by Gasteiger charge is -2.25. The summed E-state index contributed by atoms with van der Waals surface area (Å²) in [7, 11) is 1.78. The van der Waals surface area contributed by atoms with E-state index in [1.165, 1.54) is 0 Å². The summed E-state index contributed by atoms with van der Waals surface area (Å²) < 4.78 is 0. The monoisotopic (exact) mass is 199 g/mol. The molecule has 1 rings (SSSR count). The number of nitrogens with zero attached hydrogens (tertiary/aromatic N) is 1. The number of amides is 1. The van der Waals surface area contributed by atoms with Gasteiger partial charge in [-0.1, -0.05) is 6.42 Å². The van der Waals surface area contributed by atoms with Crippen molar-refractivity contribution in [2.75, 3.05) is 7.05 Å². The Kier molecular flexibility index (Phi) is 3.92. The van der Waals surface area contributed by atoms with E-state index in [0.29, 0.717) is 12.8 Å². The van der Waals surface area contributed by atoms with Crippen LogP contribution in [0, 0.1) is 0 Å². The summed E-state index contributed by atoms with van der Waals surface area (Å²) in [4.78, 5) is 23.6. The molecule has 1 atom stereocenters. The number of carbonyl (C=O) groups excluding carboxylic acids is 1. The minimum absolute atomic E-state index is 0.126. The normalized spacial score (nSPS) is 23.4. The highest BCUT2D eigenvalue weighted by Gasteiger charge is 2.22. The van der Waals surface area contributed by atoms with Crippen LogP contribution in [-0.4, -0.2) is 35.0 Å². The van der Waals surface area contributed by atoms with Crippen LogP contribution in [0.1, 0.15) is 38.5 Å². The van der Waals surface area contributed by atoms with E-state index in [0.717, 1.165) is 19.3 Å². The maximum atomic E-state index is 11.4. The van der Waals surface area contributed by atoms with Gasteiger partial charge < -0.3 is 10.0 Å². The lowest BCUT2D eigenvalue weighted by Crippen LogP contribution is -2.35. The number of hydrogen-bond acceptors (Lipinski definition) is 2. The Bertz CT molecular complexity index is 227. The molecule has 80 valence electrons. The van der Waals surface area contributed by atoms with E-state index in [1.807, 2.05) is 0 Å². The maximum absolute atomic E-state index is 11.4. The lowest BCUT2D eigenvalue weighted by molar-refractivity contribution is -0.138. The number of carbonyl (C=O) groups is 2. The first kappa shape index (κ1) is 11.0. The largest absolute Gasteiger partial charge is 0.481 e. The third-order valence-corrected chi connectivity index (χ3v) is 2.81. The van der Waals surface area contributed by atoms with E-state index in [1.54, 1.807) is 11.9 Å². The highest BCUT2D eigenvalue weighted by molar-refractivity contribution is 5.76. The minimum Gasteiger partial charge on any atom is -0.481 e. The zero-order chi connectivity index (χ0) is 10.6. The topological polar surface area (TPSA) is 57.6 Å². The van der Waals surface area contributed by atoms with Crippen molar-refractivity contribution in [3.63, 3.8) is 0 Å². The molecule has 4 nitrogen and oxygen atoms in total. The quantitative estimate of drug-likeness (QED) is 0.744. The summed E-state index contributed by atoms with van der Waals surface area (Å²) in [5.41, 5.74) is 0. The van der Waals surface area contributed by atoms with Gasteiger partial charge in [-0.3, -0.25) is 9.59 Å². The van der Waals surface area contributed by atoms with Gasteiger partial charge in [-0.15, -0.1) is 0 Å². The molecule has 1 aliphatic heterocycles. The molecule has 0 radical (unpaired) electrons. The van der Waals surface area contributed by atoms with Gasteiger partial charge in [-0.05, 0) is 19.3 Å². The fraction of sp³-hybridized carbons (Fsp3) is 0.800. The van der Waals surface area contributed by atoms with Gasteiger partial charge in [0, 0.05) is 25.9 Å². The minimum atomic E-state index is -0.782. The Hall–Kier alpha value is -1.06. The summed E-state index contributed by atoms with van der Waals surface area (Å²) >= 11 is 0. The zero-order valence-corrected chi connectivity index (χ0v) is 8.53. The van der Waals surface area contributed by atoms with Crippen LogP contribution in [0.15, 0.2) is 0 Å². The third-order valence-electron chi connectivity index (χ3n) is 2.81. The lowest BCUT2D eigenvalue weighted by atomic mass is 10.1. The number of aliphatic carboxylic acids is 1. The van der Waals surface area contributed by atoms with Crippen molar-refractivity contribution in [2.24, 2.45) is 0 Å². The van der Waals surface area contributed by atoms with Gasteiger partial charge in [-0.25, -0.2) is 0 Å². The van der Waals surface area contributed by atoms with E-state index < -0.39 is 5.97 Å².